The van der Waals surface area contributed by atoms with Crippen LogP contribution in [0.25, 0.3) is 0 Å². The van der Waals surface area contributed by atoms with Crippen molar-refractivity contribution in [1.82, 2.24) is 15.1 Å². The van der Waals surface area contributed by atoms with Crippen LogP contribution in [0.15, 0.2) is 54.6 Å². The third-order valence-electron chi connectivity index (χ3n) is 6.13. The van der Waals surface area contributed by atoms with E-state index in [1.54, 1.807) is 0 Å². The number of para-hydroxylation sites is 1. The maximum Gasteiger partial charge on any atom is 0.222 e. The van der Waals surface area contributed by atoms with Gasteiger partial charge in [0.2, 0.25) is 5.91 Å². The van der Waals surface area contributed by atoms with E-state index in [0.717, 1.165) is 42.1 Å². The number of nitrogens with zero attached hydrogens (tertiary/aromatic N) is 2. The van der Waals surface area contributed by atoms with E-state index >= 15 is 0 Å². The number of H-pyrrole nitrogens is 1. The van der Waals surface area contributed by atoms with Gasteiger partial charge in [0.15, 0.2) is 5.78 Å². The first-order valence-corrected chi connectivity index (χ1v) is 11.2. The van der Waals surface area contributed by atoms with Crippen molar-refractivity contribution in [3.8, 4) is 11.5 Å². The van der Waals surface area contributed by atoms with Gasteiger partial charge in [-0.2, -0.15) is 5.10 Å². The van der Waals surface area contributed by atoms with Crippen molar-refractivity contribution in [1.29, 1.82) is 0 Å². The number of aromatic amines is 1. The number of benzene rings is 2. The first-order chi connectivity index (χ1) is 15.5. The fraction of sp³-hybridized carbons (Fsp3) is 0.346. The number of amides is 1. The number of nitrogens with one attached hydrogen (secondary N) is 1. The molecule has 3 aromatic rings. The second-order valence-corrected chi connectivity index (χ2v) is 8.40. The zero-order valence-corrected chi connectivity index (χ0v) is 18.6. The molecule has 4 rings (SSSR count). The molecule has 32 heavy (non-hydrogen) atoms. The molecule has 6 nitrogen and oxygen atoms in total. The average molecular weight is 432 g/mol. The molecule has 1 aliphatic heterocycles. The van der Waals surface area contributed by atoms with Crippen LogP contribution in [0, 0.1) is 19.8 Å². The number of carbonyl (C=O) groups is 2. The topological polar surface area (TPSA) is 75.3 Å². The number of hydrogen-bond donors (Lipinski definition) is 1. The van der Waals surface area contributed by atoms with Gasteiger partial charge in [0, 0.05) is 36.7 Å². The lowest BCUT2D eigenvalue weighted by Crippen LogP contribution is -2.42. The summed E-state index contributed by atoms with van der Waals surface area (Å²) in [5.74, 6) is 1.49. The number of Topliss-reactive ketones (excluding diaryl/α,β-unsaturated/α-hetero) is 1. The van der Waals surface area contributed by atoms with Crippen molar-refractivity contribution in [2.24, 2.45) is 5.92 Å². The van der Waals surface area contributed by atoms with Crippen molar-refractivity contribution >= 4 is 11.7 Å². The van der Waals surface area contributed by atoms with E-state index in [1.165, 1.54) is 0 Å². The van der Waals surface area contributed by atoms with Crippen molar-refractivity contribution in [2.45, 2.75) is 39.5 Å². The van der Waals surface area contributed by atoms with E-state index in [4.69, 9.17) is 4.74 Å². The highest BCUT2D eigenvalue weighted by atomic mass is 16.5. The molecular weight excluding hydrogens is 402 g/mol. The molecule has 1 N–H and O–H groups in total. The third-order valence-corrected chi connectivity index (χ3v) is 6.13. The summed E-state index contributed by atoms with van der Waals surface area (Å²) < 4.78 is 5.81. The Morgan fingerprint density at radius 1 is 1.06 bits per heavy atom. The summed E-state index contributed by atoms with van der Waals surface area (Å²) in [6, 6.07) is 16.8. The van der Waals surface area contributed by atoms with Gasteiger partial charge in [-0.15, -0.1) is 0 Å². The predicted molar refractivity (Wildman–Crippen MR) is 123 cm³/mol. The average Bonchev–Trinajstić information content (AvgIpc) is 3.15. The molecule has 2 aromatic carbocycles. The molecule has 0 unspecified atom stereocenters. The van der Waals surface area contributed by atoms with Crippen LogP contribution in [0.4, 0.5) is 0 Å². The highest BCUT2D eigenvalue weighted by Crippen LogP contribution is 2.25. The summed E-state index contributed by atoms with van der Waals surface area (Å²) in [4.78, 5) is 27.7. The number of hydrogen-bond acceptors (Lipinski definition) is 4. The second-order valence-electron chi connectivity index (χ2n) is 8.40. The number of rotatable bonds is 7. The summed E-state index contributed by atoms with van der Waals surface area (Å²) in [5, 5.41) is 7.17. The van der Waals surface area contributed by atoms with Crippen LogP contribution in [0.1, 0.15) is 46.6 Å². The lowest BCUT2D eigenvalue weighted by atomic mass is 9.89. The molecule has 1 saturated heterocycles. The van der Waals surface area contributed by atoms with Gasteiger partial charge in [-0.3, -0.25) is 14.7 Å². The monoisotopic (exact) mass is 431 g/mol. The first kappa shape index (κ1) is 21.8. The molecule has 1 aliphatic rings. The van der Waals surface area contributed by atoms with Crippen LogP contribution in [0.2, 0.25) is 0 Å². The van der Waals surface area contributed by atoms with Gasteiger partial charge in [0.25, 0.3) is 0 Å². The Morgan fingerprint density at radius 3 is 2.47 bits per heavy atom. The summed E-state index contributed by atoms with van der Waals surface area (Å²) in [6.45, 7) is 5.14. The minimum absolute atomic E-state index is 0.0929. The Morgan fingerprint density at radius 2 is 1.78 bits per heavy atom. The number of piperidine rings is 1. The Kier molecular flexibility index (Phi) is 6.69. The summed E-state index contributed by atoms with van der Waals surface area (Å²) >= 11 is 0. The van der Waals surface area contributed by atoms with Crippen LogP contribution in [0.3, 0.4) is 0 Å². The van der Waals surface area contributed by atoms with E-state index in [2.05, 4.69) is 10.2 Å². The van der Waals surface area contributed by atoms with Crippen molar-refractivity contribution in [2.75, 3.05) is 13.1 Å². The third kappa shape index (κ3) is 5.07. The Bertz CT molecular complexity index is 1050. The van der Waals surface area contributed by atoms with Gasteiger partial charge in [-0.25, -0.2) is 0 Å². The highest BCUT2D eigenvalue weighted by molar-refractivity contribution is 5.98. The Hall–Kier alpha value is -3.41. The predicted octanol–water partition coefficient (Wildman–Crippen LogP) is 4.87. The van der Waals surface area contributed by atoms with Gasteiger partial charge in [-0.1, -0.05) is 18.2 Å². The molecule has 2 heterocycles. The van der Waals surface area contributed by atoms with E-state index in [0.29, 0.717) is 30.7 Å². The molecule has 1 fully saturated rings. The van der Waals surface area contributed by atoms with E-state index < -0.39 is 0 Å². The quantitative estimate of drug-likeness (QED) is 0.542. The molecule has 0 bridgehead atoms. The number of ether oxygens (including phenoxy) is 1. The van der Waals surface area contributed by atoms with Gasteiger partial charge in [-0.05, 0) is 75.1 Å². The zero-order valence-electron chi connectivity index (χ0n) is 18.6. The summed E-state index contributed by atoms with van der Waals surface area (Å²) in [7, 11) is 0. The largest absolute Gasteiger partial charge is 0.457 e. The molecule has 166 valence electrons. The van der Waals surface area contributed by atoms with Crippen LogP contribution >= 0.6 is 0 Å². The SMILES string of the molecule is Cc1n[nH]c(C)c1CCC(=O)N1CCC[C@H](C(=O)c2ccc(Oc3ccccc3)cc2)C1. The Balaban J connectivity index is 1.34. The number of likely N-dealkylation sites (tertiary alicyclic amines) is 1. The van der Waals surface area contributed by atoms with Gasteiger partial charge in [0.1, 0.15) is 11.5 Å². The minimum Gasteiger partial charge on any atom is -0.457 e. The maximum atomic E-state index is 13.1. The van der Waals surface area contributed by atoms with Crippen LogP contribution in [0.5, 0.6) is 11.5 Å². The van der Waals surface area contributed by atoms with Crippen molar-refractivity contribution in [3.63, 3.8) is 0 Å². The van der Waals surface area contributed by atoms with Crippen molar-refractivity contribution < 1.29 is 14.3 Å². The molecule has 0 spiro atoms. The van der Waals surface area contributed by atoms with Gasteiger partial charge < -0.3 is 9.64 Å². The number of carbonyl (C=O) groups excluding carboxylic acids is 2. The van der Waals surface area contributed by atoms with Crippen LogP contribution in [-0.4, -0.2) is 39.9 Å². The molecule has 0 radical (unpaired) electrons. The fourth-order valence-corrected chi connectivity index (χ4v) is 4.30. The van der Waals surface area contributed by atoms with E-state index in [-0.39, 0.29) is 17.6 Å². The molecule has 0 aliphatic carbocycles. The number of ketones is 1. The Labute approximate surface area is 188 Å². The molecule has 0 saturated carbocycles. The molecule has 1 aromatic heterocycles. The zero-order chi connectivity index (χ0) is 22.5. The smallest absolute Gasteiger partial charge is 0.222 e. The van der Waals surface area contributed by atoms with Crippen LogP contribution < -0.4 is 4.74 Å². The standard InChI is InChI=1S/C26H29N3O3/c1-18-24(19(2)28-27-18)14-15-25(30)29-16-6-7-21(17-29)26(31)20-10-12-23(13-11-20)32-22-8-4-3-5-9-22/h3-5,8-13,21H,6-7,14-17H2,1-2H3,(H,27,28)/t21-/m0/s1. The summed E-state index contributed by atoms with van der Waals surface area (Å²) in [5.41, 5.74) is 3.73. The molecule has 1 atom stereocenters. The van der Waals surface area contributed by atoms with Crippen LogP contribution in [-0.2, 0) is 11.2 Å². The summed E-state index contributed by atoms with van der Waals surface area (Å²) in [6.07, 6.45) is 2.77. The number of aromatic nitrogens is 2. The molecule has 1 amide bonds. The molecule has 6 heteroatoms. The maximum absolute atomic E-state index is 13.1. The highest BCUT2D eigenvalue weighted by Gasteiger charge is 2.29. The number of aryl methyl sites for hydroxylation is 2. The minimum atomic E-state index is -0.161. The first-order valence-electron chi connectivity index (χ1n) is 11.2. The van der Waals surface area contributed by atoms with E-state index in [9.17, 15) is 9.59 Å². The fourth-order valence-electron chi connectivity index (χ4n) is 4.30. The van der Waals surface area contributed by atoms with Gasteiger partial charge in [0.05, 0.1) is 5.69 Å². The lowest BCUT2D eigenvalue weighted by Gasteiger charge is -2.32. The normalized spacial score (nSPS) is 16.1. The van der Waals surface area contributed by atoms with E-state index in [1.807, 2.05) is 73.3 Å². The van der Waals surface area contributed by atoms with Crippen molar-refractivity contribution in [3.05, 3.63) is 77.1 Å². The second kappa shape index (κ2) is 9.81. The molecular formula is C26H29N3O3. The lowest BCUT2D eigenvalue weighted by molar-refractivity contribution is -0.132. The van der Waals surface area contributed by atoms with Gasteiger partial charge >= 0.3 is 0 Å².